The molecule has 108 valence electrons. The molecular formula is C15H18O4S. The molecule has 0 bridgehead atoms. The van der Waals surface area contributed by atoms with Crippen LogP contribution in [0.25, 0.3) is 0 Å². The summed E-state index contributed by atoms with van der Waals surface area (Å²) < 4.78 is 36.5. The third kappa shape index (κ3) is 2.53. The standard InChI is InChI=1S/C15H18O4S/c16-20(17,13-5-2-1-3-6-13)14-7-4-9-15(10-8-14)18-11-12-19-15/h1-3,5-7H,4,8-12H2. The number of allylic oxidation sites excluding steroid dienone is 2. The number of ether oxygens (including phenoxy) is 2. The first-order chi connectivity index (χ1) is 9.62. The Bertz CT molecular complexity index is 598. The maximum Gasteiger partial charge on any atom is 0.202 e. The van der Waals surface area contributed by atoms with Gasteiger partial charge in [-0.2, -0.15) is 0 Å². The zero-order valence-electron chi connectivity index (χ0n) is 11.2. The van der Waals surface area contributed by atoms with Crippen molar-refractivity contribution < 1.29 is 17.9 Å². The summed E-state index contributed by atoms with van der Waals surface area (Å²) in [5.41, 5.74) is 0. The van der Waals surface area contributed by atoms with Gasteiger partial charge in [-0.3, -0.25) is 0 Å². The van der Waals surface area contributed by atoms with Crippen molar-refractivity contribution in [2.45, 2.75) is 36.4 Å². The molecule has 1 spiro atoms. The molecular weight excluding hydrogens is 276 g/mol. The van der Waals surface area contributed by atoms with E-state index in [1.807, 2.05) is 12.1 Å². The molecule has 1 saturated heterocycles. The van der Waals surface area contributed by atoms with Crippen LogP contribution in [-0.4, -0.2) is 27.4 Å². The van der Waals surface area contributed by atoms with Gasteiger partial charge in [0.05, 0.1) is 18.1 Å². The second-order valence-electron chi connectivity index (χ2n) is 5.13. The van der Waals surface area contributed by atoms with Crippen molar-refractivity contribution in [1.29, 1.82) is 0 Å². The molecule has 4 nitrogen and oxygen atoms in total. The van der Waals surface area contributed by atoms with Crippen LogP contribution in [0.15, 0.2) is 46.2 Å². The van der Waals surface area contributed by atoms with Crippen LogP contribution in [0.4, 0.5) is 0 Å². The Morgan fingerprint density at radius 1 is 1.00 bits per heavy atom. The number of rotatable bonds is 2. The predicted molar refractivity (Wildman–Crippen MR) is 74.8 cm³/mol. The minimum absolute atomic E-state index is 0.357. The van der Waals surface area contributed by atoms with Crippen LogP contribution in [0.2, 0.25) is 0 Å². The van der Waals surface area contributed by atoms with E-state index in [1.165, 1.54) is 0 Å². The second kappa shape index (κ2) is 5.31. The zero-order valence-corrected chi connectivity index (χ0v) is 12.1. The highest BCUT2D eigenvalue weighted by Crippen LogP contribution is 2.36. The van der Waals surface area contributed by atoms with Crippen LogP contribution in [0.3, 0.4) is 0 Å². The van der Waals surface area contributed by atoms with Gasteiger partial charge in [0.25, 0.3) is 0 Å². The highest BCUT2D eigenvalue weighted by Gasteiger charge is 2.38. The molecule has 1 fully saturated rings. The van der Waals surface area contributed by atoms with Gasteiger partial charge < -0.3 is 9.47 Å². The van der Waals surface area contributed by atoms with Crippen molar-refractivity contribution in [2.75, 3.05) is 13.2 Å². The lowest BCUT2D eigenvalue weighted by molar-refractivity contribution is -0.164. The monoisotopic (exact) mass is 294 g/mol. The molecule has 2 aliphatic rings. The van der Waals surface area contributed by atoms with Crippen LogP contribution in [0.5, 0.6) is 0 Å². The van der Waals surface area contributed by atoms with Crippen molar-refractivity contribution in [3.05, 3.63) is 41.3 Å². The van der Waals surface area contributed by atoms with Gasteiger partial charge in [-0.15, -0.1) is 0 Å². The third-order valence-corrected chi connectivity index (χ3v) is 5.82. The first-order valence-electron chi connectivity index (χ1n) is 6.90. The summed E-state index contributed by atoms with van der Waals surface area (Å²) >= 11 is 0. The van der Waals surface area contributed by atoms with E-state index in [1.54, 1.807) is 24.3 Å². The molecule has 0 unspecified atom stereocenters. The molecule has 1 aliphatic carbocycles. The van der Waals surface area contributed by atoms with E-state index in [0.29, 0.717) is 42.3 Å². The van der Waals surface area contributed by atoms with Crippen molar-refractivity contribution in [3.8, 4) is 0 Å². The quantitative estimate of drug-likeness (QED) is 0.841. The van der Waals surface area contributed by atoms with Gasteiger partial charge in [-0.25, -0.2) is 8.42 Å². The molecule has 5 heteroatoms. The molecule has 0 aromatic heterocycles. The average Bonchev–Trinajstić information content (AvgIpc) is 2.80. The lowest BCUT2D eigenvalue weighted by Crippen LogP contribution is -2.29. The van der Waals surface area contributed by atoms with Gasteiger partial charge in [0, 0.05) is 17.7 Å². The predicted octanol–water partition coefficient (Wildman–Crippen LogP) is 2.66. The summed E-state index contributed by atoms with van der Waals surface area (Å²) in [6.45, 7) is 1.20. The van der Waals surface area contributed by atoms with Gasteiger partial charge in [-0.05, 0) is 25.0 Å². The number of sulfone groups is 1. The molecule has 20 heavy (non-hydrogen) atoms. The fourth-order valence-electron chi connectivity index (χ4n) is 2.77. The van der Waals surface area contributed by atoms with Crippen LogP contribution in [0, 0.1) is 0 Å². The molecule has 1 aromatic carbocycles. The summed E-state index contributed by atoms with van der Waals surface area (Å²) in [6.07, 6.45) is 4.28. The first-order valence-corrected chi connectivity index (χ1v) is 8.38. The SMILES string of the molecule is O=S(=O)(C1=CCCC2(CC1)OCCO2)c1ccccc1. The number of hydrogen-bond acceptors (Lipinski definition) is 4. The van der Waals surface area contributed by atoms with Crippen molar-refractivity contribution in [2.24, 2.45) is 0 Å². The maximum absolute atomic E-state index is 12.6. The lowest BCUT2D eigenvalue weighted by Gasteiger charge is -2.25. The minimum Gasteiger partial charge on any atom is -0.348 e. The topological polar surface area (TPSA) is 52.6 Å². The van der Waals surface area contributed by atoms with Gasteiger partial charge in [-0.1, -0.05) is 24.3 Å². The van der Waals surface area contributed by atoms with E-state index >= 15 is 0 Å². The Hall–Kier alpha value is -1.17. The van der Waals surface area contributed by atoms with Gasteiger partial charge in [0.15, 0.2) is 5.79 Å². The Labute approximate surface area is 119 Å². The fraction of sp³-hybridized carbons (Fsp3) is 0.467. The van der Waals surface area contributed by atoms with Crippen molar-refractivity contribution in [1.82, 2.24) is 0 Å². The Morgan fingerprint density at radius 2 is 1.70 bits per heavy atom. The summed E-state index contributed by atoms with van der Waals surface area (Å²) in [6, 6.07) is 8.58. The Morgan fingerprint density at radius 3 is 2.40 bits per heavy atom. The maximum atomic E-state index is 12.6. The molecule has 1 aromatic rings. The average molecular weight is 294 g/mol. The minimum atomic E-state index is -3.38. The van der Waals surface area contributed by atoms with Crippen LogP contribution in [0.1, 0.15) is 25.7 Å². The van der Waals surface area contributed by atoms with E-state index in [-0.39, 0.29) is 0 Å². The molecule has 0 amide bonds. The Kier molecular flexibility index (Phi) is 3.67. The third-order valence-electron chi connectivity index (χ3n) is 3.86. The second-order valence-corrected chi connectivity index (χ2v) is 7.14. The summed E-state index contributed by atoms with van der Waals surface area (Å²) in [5, 5.41) is 0. The highest BCUT2D eigenvalue weighted by atomic mass is 32.2. The highest BCUT2D eigenvalue weighted by molar-refractivity contribution is 7.95. The molecule has 0 saturated carbocycles. The fourth-order valence-corrected chi connectivity index (χ4v) is 4.30. The van der Waals surface area contributed by atoms with E-state index in [0.717, 1.165) is 6.42 Å². The van der Waals surface area contributed by atoms with E-state index < -0.39 is 15.6 Å². The summed E-state index contributed by atoms with van der Waals surface area (Å²) in [5.74, 6) is -0.565. The van der Waals surface area contributed by atoms with Gasteiger partial charge >= 0.3 is 0 Å². The van der Waals surface area contributed by atoms with E-state index in [2.05, 4.69) is 0 Å². The van der Waals surface area contributed by atoms with Crippen LogP contribution in [-0.2, 0) is 19.3 Å². The van der Waals surface area contributed by atoms with Crippen LogP contribution < -0.4 is 0 Å². The molecule has 1 heterocycles. The molecule has 0 N–H and O–H groups in total. The van der Waals surface area contributed by atoms with Crippen LogP contribution >= 0.6 is 0 Å². The first kappa shape index (κ1) is 13.8. The van der Waals surface area contributed by atoms with Crippen molar-refractivity contribution >= 4 is 9.84 Å². The molecule has 0 atom stereocenters. The van der Waals surface area contributed by atoms with E-state index in [9.17, 15) is 8.42 Å². The zero-order chi connectivity index (χ0) is 14.1. The number of hydrogen-bond donors (Lipinski definition) is 0. The largest absolute Gasteiger partial charge is 0.348 e. The van der Waals surface area contributed by atoms with E-state index in [4.69, 9.17) is 9.47 Å². The molecule has 1 aliphatic heterocycles. The molecule has 3 rings (SSSR count). The smallest absolute Gasteiger partial charge is 0.202 e. The number of benzene rings is 1. The molecule has 0 radical (unpaired) electrons. The summed E-state index contributed by atoms with van der Waals surface area (Å²) in [7, 11) is -3.38. The Balaban J connectivity index is 1.83. The van der Waals surface area contributed by atoms with Crippen molar-refractivity contribution in [3.63, 3.8) is 0 Å². The summed E-state index contributed by atoms with van der Waals surface area (Å²) in [4.78, 5) is 0.843. The van der Waals surface area contributed by atoms with Gasteiger partial charge in [0.2, 0.25) is 9.84 Å². The van der Waals surface area contributed by atoms with Gasteiger partial charge in [0.1, 0.15) is 0 Å². The normalized spacial score (nSPS) is 22.5. The lowest BCUT2D eigenvalue weighted by atomic mass is 10.1.